The van der Waals surface area contributed by atoms with Gasteiger partial charge in [-0.15, -0.1) is 0 Å². The molecule has 1 N–H and O–H groups in total. The molecule has 2 unspecified atom stereocenters. The predicted octanol–water partition coefficient (Wildman–Crippen LogP) is 3.69. The highest BCUT2D eigenvalue weighted by Crippen LogP contribution is 2.21. The summed E-state index contributed by atoms with van der Waals surface area (Å²) in [6.45, 7) is 6.66. The molecule has 1 rings (SSSR count). The van der Waals surface area contributed by atoms with Crippen molar-refractivity contribution in [1.29, 1.82) is 0 Å². The largest absolute Gasteiger partial charge is 0.380 e. The van der Waals surface area contributed by atoms with Crippen molar-refractivity contribution >= 4 is 21.6 Å². The average Bonchev–Trinajstić information content (AvgIpc) is 2.20. The van der Waals surface area contributed by atoms with Crippen molar-refractivity contribution in [3.8, 4) is 0 Å². The second-order valence-corrected chi connectivity index (χ2v) is 4.41. The Bertz CT molecular complexity index is 288. The van der Waals surface area contributed by atoms with Gasteiger partial charge in [0.1, 0.15) is 4.60 Å². The van der Waals surface area contributed by atoms with E-state index in [0.29, 0.717) is 12.0 Å². The van der Waals surface area contributed by atoms with Gasteiger partial charge in [-0.1, -0.05) is 20.3 Å². The molecule has 2 nitrogen and oxygen atoms in total. The second kappa shape index (κ2) is 5.35. The maximum atomic E-state index is 4.17. The van der Waals surface area contributed by atoms with Crippen LogP contribution < -0.4 is 5.32 Å². The van der Waals surface area contributed by atoms with Gasteiger partial charge in [0.05, 0.1) is 5.69 Å². The Morgan fingerprint density at radius 2 is 2.21 bits per heavy atom. The molecule has 1 aromatic rings. The third kappa shape index (κ3) is 2.98. The fraction of sp³-hybridized carbons (Fsp3) is 0.545. The minimum absolute atomic E-state index is 0.473. The molecule has 0 aliphatic carbocycles. The quantitative estimate of drug-likeness (QED) is 0.832. The molecule has 0 fully saturated rings. The Balaban J connectivity index is 2.64. The van der Waals surface area contributed by atoms with Crippen molar-refractivity contribution < 1.29 is 0 Å². The maximum absolute atomic E-state index is 4.17. The molecule has 0 aromatic carbocycles. The molecule has 0 aliphatic rings. The highest BCUT2D eigenvalue weighted by molar-refractivity contribution is 9.10. The summed E-state index contributed by atoms with van der Waals surface area (Å²) in [5, 5.41) is 3.45. The summed E-state index contributed by atoms with van der Waals surface area (Å²) < 4.78 is 0.884. The zero-order chi connectivity index (χ0) is 10.6. The predicted molar refractivity (Wildman–Crippen MR) is 64.5 cm³/mol. The van der Waals surface area contributed by atoms with Crippen LogP contribution in [0.2, 0.25) is 0 Å². The van der Waals surface area contributed by atoms with Gasteiger partial charge in [-0.3, -0.25) is 0 Å². The molecule has 78 valence electrons. The van der Waals surface area contributed by atoms with Crippen LogP contribution in [-0.4, -0.2) is 11.0 Å². The average molecular weight is 257 g/mol. The maximum Gasteiger partial charge on any atom is 0.129 e. The van der Waals surface area contributed by atoms with E-state index in [1.54, 1.807) is 6.20 Å². The Kier molecular flexibility index (Phi) is 4.39. The number of nitrogens with zero attached hydrogens (tertiary/aromatic N) is 1. The number of hydrogen-bond acceptors (Lipinski definition) is 2. The van der Waals surface area contributed by atoms with E-state index in [1.165, 1.54) is 6.42 Å². The van der Waals surface area contributed by atoms with Crippen LogP contribution in [0.15, 0.2) is 22.9 Å². The van der Waals surface area contributed by atoms with Gasteiger partial charge in [0.2, 0.25) is 0 Å². The number of aromatic nitrogens is 1. The molecule has 0 saturated heterocycles. The van der Waals surface area contributed by atoms with E-state index in [0.717, 1.165) is 10.3 Å². The number of halogens is 1. The van der Waals surface area contributed by atoms with Gasteiger partial charge in [0.25, 0.3) is 0 Å². The third-order valence-electron chi connectivity index (χ3n) is 2.64. The third-order valence-corrected chi connectivity index (χ3v) is 3.27. The molecule has 0 radical (unpaired) electrons. The van der Waals surface area contributed by atoms with Crippen LogP contribution in [0.5, 0.6) is 0 Å². The molecule has 0 bridgehead atoms. The molecular weight excluding hydrogens is 240 g/mol. The highest BCUT2D eigenvalue weighted by Gasteiger charge is 2.10. The first-order valence-electron chi connectivity index (χ1n) is 5.02. The lowest BCUT2D eigenvalue weighted by Gasteiger charge is -2.21. The molecule has 3 heteroatoms. The molecule has 0 spiro atoms. The van der Waals surface area contributed by atoms with E-state index in [9.17, 15) is 0 Å². The standard InChI is InChI=1S/C11H17BrN2/c1-4-8(2)9(3)14-10-6-5-7-13-11(10)12/h5-9,14H,4H2,1-3H3. The van der Waals surface area contributed by atoms with Gasteiger partial charge >= 0.3 is 0 Å². The van der Waals surface area contributed by atoms with Crippen LogP contribution in [0, 0.1) is 5.92 Å². The fourth-order valence-corrected chi connectivity index (χ4v) is 1.60. The summed E-state index contributed by atoms with van der Waals surface area (Å²) >= 11 is 3.42. The van der Waals surface area contributed by atoms with Gasteiger partial charge in [-0.2, -0.15) is 0 Å². The van der Waals surface area contributed by atoms with Crippen molar-refractivity contribution in [2.75, 3.05) is 5.32 Å². The number of pyridine rings is 1. The van der Waals surface area contributed by atoms with Crippen LogP contribution in [0.3, 0.4) is 0 Å². The molecule has 0 amide bonds. The summed E-state index contributed by atoms with van der Waals surface area (Å²) in [5.41, 5.74) is 1.07. The SMILES string of the molecule is CCC(C)C(C)Nc1cccnc1Br. The van der Waals surface area contributed by atoms with E-state index < -0.39 is 0 Å². The van der Waals surface area contributed by atoms with E-state index >= 15 is 0 Å². The first kappa shape index (κ1) is 11.5. The molecule has 1 heterocycles. The smallest absolute Gasteiger partial charge is 0.129 e. The molecule has 0 saturated carbocycles. The van der Waals surface area contributed by atoms with Gasteiger partial charge in [-0.05, 0) is 40.9 Å². The van der Waals surface area contributed by atoms with E-state index in [-0.39, 0.29) is 0 Å². The molecule has 0 aliphatic heterocycles. The van der Waals surface area contributed by atoms with Crippen LogP contribution in [-0.2, 0) is 0 Å². The molecule has 2 atom stereocenters. The topological polar surface area (TPSA) is 24.9 Å². The second-order valence-electron chi connectivity index (χ2n) is 3.66. The van der Waals surface area contributed by atoms with Crippen LogP contribution >= 0.6 is 15.9 Å². The van der Waals surface area contributed by atoms with Crippen molar-refractivity contribution in [2.45, 2.75) is 33.2 Å². The van der Waals surface area contributed by atoms with Crippen LogP contribution in [0.25, 0.3) is 0 Å². The minimum Gasteiger partial charge on any atom is -0.380 e. The number of rotatable bonds is 4. The van der Waals surface area contributed by atoms with E-state index in [1.807, 2.05) is 12.1 Å². The molecule has 1 aromatic heterocycles. The minimum atomic E-state index is 0.473. The summed E-state index contributed by atoms with van der Waals surface area (Å²) in [6.07, 6.45) is 2.97. The van der Waals surface area contributed by atoms with E-state index in [2.05, 4.69) is 47.0 Å². The van der Waals surface area contributed by atoms with Gasteiger partial charge < -0.3 is 5.32 Å². The zero-order valence-corrected chi connectivity index (χ0v) is 10.5. The Morgan fingerprint density at radius 1 is 1.50 bits per heavy atom. The Labute approximate surface area is 94.3 Å². The summed E-state index contributed by atoms with van der Waals surface area (Å²) in [6, 6.07) is 4.45. The normalized spacial score (nSPS) is 14.9. The summed E-state index contributed by atoms with van der Waals surface area (Å²) in [4.78, 5) is 4.17. The van der Waals surface area contributed by atoms with Gasteiger partial charge in [-0.25, -0.2) is 4.98 Å². The van der Waals surface area contributed by atoms with Crippen LogP contribution in [0.1, 0.15) is 27.2 Å². The monoisotopic (exact) mass is 256 g/mol. The van der Waals surface area contributed by atoms with Crippen LogP contribution in [0.4, 0.5) is 5.69 Å². The van der Waals surface area contributed by atoms with E-state index in [4.69, 9.17) is 0 Å². The summed E-state index contributed by atoms with van der Waals surface area (Å²) in [7, 11) is 0. The lowest BCUT2D eigenvalue weighted by atomic mass is 10.0. The number of nitrogens with one attached hydrogen (secondary N) is 1. The van der Waals surface area contributed by atoms with Gasteiger partial charge in [0, 0.05) is 12.2 Å². The molecule has 14 heavy (non-hydrogen) atoms. The fourth-order valence-electron chi connectivity index (χ4n) is 1.23. The number of anilines is 1. The van der Waals surface area contributed by atoms with Crippen molar-refractivity contribution in [2.24, 2.45) is 5.92 Å². The van der Waals surface area contributed by atoms with Crippen molar-refractivity contribution in [3.05, 3.63) is 22.9 Å². The first-order valence-corrected chi connectivity index (χ1v) is 5.81. The van der Waals surface area contributed by atoms with Gasteiger partial charge in [0.15, 0.2) is 0 Å². The highest BCUT2D eigenvalue weighted by atomic mass is 79.9. The Morgan fingerprint density at radius 3 is 2.79 bits per heavy atom. The number of hydrogen-bond donors (Lipinski definition) is 1. The van der Waals surface area contributed by atoms with Crippen molar-refractivity contribution in [1.82, 2.24) is 4.98 Å². The lowest BCUT2D eigenvalue weighted by molar-refractivity contribution is 0.494. The lowest BCUT2D eigenvalue weighted by Crippen LogP contribution is -2.23. The van der Waals surface area contributed by atoms with Crippen molar-refractivity contribution in [3.63, 3.8) is 0 Å². The molecular formula is C11H17BrN2. The summed E-state index contributed by atoms with van der Waals surface area (Å²) in [5.74, 6) is 0.669. The Hall–Kier alpha value is -0.570. The zero-order valence-electron chi connectivity index (χ0n) is 8.92. The first-order chi connectivity index (χ1) is 6.65.